The number of rotatable bonds is 8. The molecule has 1 aliphatic heterocycles. The standard InChI is InChI=1S/C13H22N2O3.Li/c1-9-7-8-15-12(9)11(16)6-4-2-3-5-10(14)13(17)18;/h8-10,12H,2-7,14H2,1H3,(H,17,18);/q;+1/p-1/t9-,10+,12-;/m1./s1. The maximum absolute atomic E-state index is 11.8. The number of carboxylic acid groups (broad SMARTS) is 1. The number of aliphatic imine (C=N–C) groups is 1. The Morgan fingerprint density at radius 2 is 2.11 bits per heavy atom. The Bertz CT molecular complexity index is 334. The molecule has 1 rings (SSSR count). The second kappa shape index (κ2) is 9.30. The molecule has 1 heterocycles. The third-order valence-electron chi connectivity index (χ3n) is 3.35. The maximum atomic E-state index is 11.8. The van der Waals surface area contributed by atoms with Crippen molar-refractivity contribution in [3.63, 3.8) is 0 Å². The molecule has 0 fully saturated rings. The number of aliphatic carboxylic acids is 1. The van der Waals surface area contributed by atoms with E-state index in [0.29, 0.717) is 25.2 Å². The van der Waals surface area contributed by atoms with Gasteiger partial charge in [0.2, 0.25) is 0 Å². The van der Waals surface area contributed by atoms with Crippen molar-refractivity contribution in [1.82, 2.24) is 0 Å². The van der Waals surface area contributed by atoms with Gasteiger partial charge >= 0.3 is 18.9 Å². The van der Waals surface area contributed by atoms with Gasteiger partial charge in [0, 0.05) is 12.5 Å². The minimum atomic E-state index is -1.21. The van der Waals surface area contributed by atoms with E-state index in [1.54, 1.807) is 0 Å². The van der Waals surface area contributed by atoms with Crippen LogP contribution >= 0.6 is 0 Å². The summed E-state index contributed by atoms with van der Waals surface area (Å²) in [5, 5.41) is 10.4. The monoisotopic (exact) mass is 260 g/mol. The summed E-state index contributed by atoms with van der Waals surface area (Å²) in [6.45, 7) is 2.04. The number of hydrogen-bond donors (Lipinski definition) is 1. The van der Waals surface area contributed by atoms with Crippen molar-refractivity contribution >= 4 is 18.0 Å². The third kappa shape index (κ3) is 6.37. The SMILES string of the molecule is C[C@@H]1CC=N[C@H]1C(=O)CCCCC[C@H](N)C(=O)[O-].[Li+]. The topological polar surface area (TPSA) is 95.6 Å². The molecule has 2 N–H and O–H groups in total. The summed E-state index contributed by atoms with van der Waals surface area (Å²) in [6, 6.07) is -1.05. The summed E-state index contributed by atoms with van der Waals surface area (Å²) in [5.74, 6) is -0.690. The van der Waals surface area contributed by atoms with Crippen molar-refractivity contribution in [3.8, 4) is 0 Å². The molecule has 0 unspecified atom stereocenters. The van der Waals surface area contributed by atoms with Gasteiger partial charge in [0.1, 0.15) is 6.04 Å². The van der Waals surface area contributed by atoms with Crippen LogP contribution in [-0.2, 0) is 9.59 Å². The molecule has 0 bridgehead atoms. The second-order valence-corrected chi connectivity index (χ2v) is 4.98. The Morgan fingerprint density at radius 1 is 1.42 bits per heavy atom. The number of nitrogens with two attached hydrogens (primary N) is 1. The van der Waals surface area contributed by atoms with Gasteiger partial charge in [-0.2, -0.15) is 0 Å². The number of nitrogens with zero attached hydrogens (tertiary/aromatic N) is 1. The van der Waals surface area contributed by atoms with Crippen molar-refractivity contribution < 1.29 is 33.6 Å². The van der Waals surface area contributed by atoms with E-state index in [-0.39, 0.29) is 30.7 Å². The predicted octanol–water partition coefficient (Wildman–Crippen LogP) is -2.93. The van der Waals surface area contributed by atoms with Crippen LogP contribution in [-0.4, -0.2) is 30.1 Å². The zero-order valence-corrected chi connectivity index (χ0v) is 11.8. The average molecular weight is 260 g/mol. The van der Waals surface area contributed by atoms with E-state index in [9.17, 15) is 14.7 Å². The fourth-order valence-electron chi connectivity index (χ4n) is 2.12. The molecular weight excluding hydrogens is 239 g/mol. The summed E-state index contributed by atoms with van der Waals surface area (Å²) in [7, 11) is 0. The number of unbranched alkanes of at least 4 members (excludes halogenated alkanes) is 2. The third-order valence-corrected chi connectivity index (χ3v) is 3.35. The minimum absolute atomic E-state index is 0. The Hall–Kier alpha value is -0.633. The smallest absolute Gasteiger partial charge is 0.548 e. The zero-order chi connectivity index (χ0) is 13.5. The molecule has 0 radical (unpaired) electrons. The van der Waals surface area contributed by atoms with Crippen LogP contribution in [0, 0.1) is 5.92 Å². The van der Waals surface area contributed by atoms with Gasteiger partial charge in [-0.15, -0.1) is 0 Å². The van der Waals surface area contributed by atoms with Crippen LogP contribution in [0.3, 0.4) is 0 Å². The Labute approximate surface area is 126 Å². The van der Waals surface area contributed by atoms with E-state index < -0.39 is 12.0 Å². The number of carboxylic acids is 1. The second-order valence-electron chi connectivity index (χ2n) is 4.98. The number of carbonyl (C=O) groups is 2. The van der Waals surface area contributed by atoms with Crippen LogP contribution in [0.2, 0.25) is 0 Å². The van der Waals surface area contributed by atoms with Gasteiger partial charge in [-0.05, 0) is 31.4 Å². The number of ketones is 1. The van der Waals surface area contributed by atoms with Crippen LogP contribution in [0.25, 0.3) is 0 Å². The molecule has 1 aliphatic rings. The number of hydrogen-bond acceptors (Lipinski definition) is 5. The first-order valence-corrected chi connectivity index (χ1v) is 6.53. The molecule has 5 nitrogen and oxygen atoms in total. The van der Waals surface area contributed by atoms with Crippen molar-refractivity contribution in [1.29, 1.82) is 0 Å². The molecule has 0 aromatic heterocycles. The molecule has 0 spiro atoms. The molecular formula is C13H21LiN2O3. The Balaban J connectivity index is 0.00000324. The predicted molar refractivity (Wildman–Crippen MR) is 67.1 cm³/mol. The fourth-order valence-corrected chi connectivity index (χ4v) is 2.12. The molecule has 0 saturated heterocycles. The average Bonchev–Trinajstić information content (AvgIpc) is 2.74. The van der Waals surface area contributed by atoms with E-state index >= 15 is 0 Å². The van der Waals surface area contributed by atoms with Crippen molar-refractivity contribution in [2.45, 2.75) is 57.5 Å². The van der Waals surface area contributed by atoms with Crippen LogP contribution in [0.1, 0.15) is 45.4 Å². The van der Waals surface area contributed by atoms with Gasteiger partial charge in [0.15, 0.2) is 5.78 Å². The number of carbonyl (C=O) groups excluding carboxylic acids is 2. The Morgan fingerprint density at radius 3 is 2.63 bits per heavy atom. The molecule has 3 atom stereocenters. The number of Topliss-reactive ketones (excluding diaryl/α,β-unsaturated/α-hetero) is 1. The van der Waals surface area contributed by atoms with Gasteiger partial charge in [0.05, 0.1) is 5.97 Å². The fraction of sp³-hybridized carbons (Fsp3) is 0.769. The Kier molecular flexibility index (Phi) is 8.99. The van der Waals surface area contributed by atoms with E-state index in [0.717, 1.165) is 19.3 Å². The normalized spacial score (nSPS) is 22.8. The summed E-state index contributed by atoms with van der Waals surface area (Å²) < 4.78 is 0. The van der Waals surface area contributed by atoms with E-state index in [1.165, 1.54) is 0 Å². The van der Waals surface area contributed by atoms with Gasteiger partial charge in [-0.25, -0.2) is 0 Å². The molecule has 102 valence electrons. The van der Waals surface area contributed by atoms with Gasteiger partial charge in [0.25, 0.3) is 0 Å². The van der Waals surface area contributed by atoms with Crippen LogP contribution in [0.15, 0.2) is 4.99 Å². The first kappa shape index (κ1) is 18.4. The van der Waals surface area contributed by atoms with Crippen molar-refractivity contribution in [2.75, 3.05) is 0 Å². The quantitative estimate of drug-likeness (QED) is 0.373. The minimum Gasteiger partial charge on any atom is -0.548 e. The van der Waals surface area contributed by atoms with Gasteiger partial charge in [-0.1, -0.05) is 19.8 Å². The summed E-state index contributed by atoms with van der Waals surface area (Å²) >= 11 is 0. The van der Waals surface area contributed by atoms with E-state index in [1.807, 2.05) is 13.1 Å². The van der Waals surface area contributed by atoms with Gasteiger partial charge < -0.3 is 15.6 Å². The summed E-state index contributed by atoms with van der Waals surface area (Å²) in [6.07, 6.45) is 5.95. The molecule has 6 heteroatoms. The van der Waals surface area contributed by atoms with Gasteiger partial charge in [-0.3, -0.25) is 9.79 Å². The molecule has 0 aliphatic carbocycles. The first-order valence-electron chi connectivity index (χ1n) is 6.53. The molecule has 0 saturated carbocycles. The van der Waals surface area contributed by atoms with E-state index in [2.05, 4.69) is 4.99 Å². The molecule has 0 aromatic carbocycles. The first-order chi connectivity index (χ1) is 8.52. The zero-order valence-electron chi connectivity index (χ0n) is 11.8. The summed E-state index contributed by atoms with van der Waals surface area (Å²) in [5.41, 5.74) is 5.33. The van der Waals surface area contributed by atoms with Crippen molar-refractivity contribution in [3.05, 3.63) is 0 Å². The largest absolute Gasteiger partial charge is 1.00 e. The molecule has 19 heavy (non-hydrogen) atoms. The van der Waals surface area contributed by atoms with E-state index in [4.69, 9.17) is 5.73 Å². The molecule has 0 amide bonds. The van der Waals surface area contributed by atoms with Crippen LogP contribution < -0.4 is 29.7 Å². The van der Waals surface area contributed by atoms with Crippen molar-refractivity contribution in [2.24, 2.45) is 16.6 Å². The maximum Gasteiger partial charge on any atom is 1.00 e. The van der Waals surface area contributed by atoms with Crippen LogP contribution in [0.4, 0.5) is 0 Å². The van der Waals surface area contributed by atoms with Crippen LogP contribution in [0.5, 0.6) is 0 Å². The molecule has 0 aromatic rings. The summed E-state index contributed by atoms with van der Waals surface area (Å²) in [4.78, 5) is 26.4.